The summed E-state index contributed by atoms with van der Waals surface area (Å²) in [6.07, 6.45) is 26.5. The van der Waals surface area contributed by atoms with Gasteiger partial charge in [-0.1, -0.05) is 122 Å². The predicted octanol–water partition coefficient (Wildman–Crippen LogP) is 3.37. The molecule has 0 bridgehead atoms. The van der Waals surface area contributed by atoms with Gasteiger partial charge in [-0.05, 0) is 6.42 Å². The topological polar surface area (TPSA) is 151 Å². The van der Waals surface area contributed by atoms with Crippen LogP contribution in [-0.4, -0.2) is 165 Å². The third-order valence-corrected chi connectivity index (χ3v) is 9.20. The van der Waals surface area contributed by atoms with E-state index in [0.717, 1.165) is 13.0 Å². The fraction of sp³-hybridized carbons (Fsp3) is 0.978. The molecule has 0 fully saturated rings. The Kier molecular flexibility index (Phi) is 61.0. The van der Waals surface area contributed by atoms with Crippen molar-refractivity contribution in [2.24, 2.45) is 0 Å². The van der Waals surface area contributed by atoms with E-state index in [2.05, 4.69) is 6.92 Å². The van der Waals surface area contributed by atoms with Gasteiger partial charge >= 0.3 is 29.6 Å². The van der Waals surface area contributed by atoms with Crippen molar-refractivity contribution in [2.75, 3.05) is 159 Å². The number of unbranched alkanes of at least 4 members (excludes halogenated alkanes) is 18. The molecule has 15 heteroatoms. The van der Waals surface area contributed by atoms with Gasteiger partial charge in [0.2, 0.25) is 0 Å². The number of hydrogen-bond donors (Lipinski definition) is 0. The third kappa shape index (κ3) is 60.1. The summed E-state index contributed by atoms with van der Waals surface area (Å²) in [5.74, 6) is -1.24. The Morgan fingerprint density at radius 2 is 0.433 bits per heavy atom. The van der Waals surface area contributed by atoms with Gasteiger partial charge in [0, 0.05) is 6.61 Å². The van der Waals surface area contributed by atoms with Crippen LogP contribution in [0.2, 0.25) is 0 Å². The largest absolute Gasteiger partial charge is 1.00 e. The Hall–Kier alpha value is -0.01000. The van der Waals surface area contributed by atoms with Gasteiger partial charge in [0.1, 0.15) is 0 Å². The molecule has 0 radical (unpaired) electrons. The first-order valence-corrected chi connectivity index (χ1v) is 23.4. The second-order valence-corrected chi connectivity index (χ2v) is 14.5. The maximum atomic E-state index is 10.2. The normalized spacial score (nSPS) is 11.4. The summed E-state index contributed by atoms with van der Waals surface area (Å²) in [5, 5.41) is 10.2. The van der Waals surface area contributed by atoms with Gasteiger partial charge < -0.3 is 66.7 Å². The molecule has 0 heterocycles. The monoisotopic (exact) mass is 877 g/mol. The summed E-state index contributed by atoms with van der Waals surface area (Å²) in [7, 11) is 0. The smallest absolute Gasteiger partial charge is 0.548 e. The van der Waals surface area contributed by atoms with Gasteiger partial charge in [-0.25, -0.2) is 0 Å². The van der Waals surface area contributed by atoms with Crippen LogP contribution in [-0.2, 0) is 61.6 Å². The van der Waals surface area contributed by atoms with Crippen LogP contribution in [0, 0.1) is 0 Å². The number of aliphatic carboxylic acids is 1. The summed E-state index contributed by atoms with van der Waals surface area (Å²) >= 11 is 0. The van der Waals surface area contributed by atoms with Gasteiger partial charge in [-0.15, -0.1) is 0 Å². The Labute approximate surface area is 388 Å². The van der Waals surface area contributed by atoms with Crippen LogP contribution < -0.4 is 34.7 Å². The molecule has 14 nitrogen and oxygen atoms in total. The molecule has 354 valence electrons. The SMILES string of the molecule is CCCCCCCCCCCCCCCCCCCCCOCCOCCOCCOCCOCCOCCOCCOCCOCCOCCOCCOCC(=O)[O-].[Na+]. The van der Waals surface area contributed by atoms with Crippen molar-refractivity contribution in [1.29, 1.82) is 0 Å². The molecular formula is C45H89NaO14. The number of carboxylic acids is 1. The standard InChI is InChI=1S/C45H90O14.Na/c1-2-3-4-5-6-7-8-9-10-11-12-13-14-15-16-17-18-19-20-21-48-22-23-49-24-25-50-26-27-51-28-29-52-30-31-53-32-33-54-34-35-55-36-37-56-38-39-57-40-41-58-42-43-59-44-45(46)47;/h2-44H2,1H3,(H,46,47);/q;+1/p-1. The number of carbonyl (C=O) groups is 1. The first kappa shape index (κ1) is 62.1. The summed E-state index contributed by atoms with van der Waals surface area (Å²) in [4.78, 5) is 10.2. The first-order chi connectivity index (χ1) is 29.3. The van der Waals surface area contributed by atoms with Gasteiger partial charge in [0.15, 0.2) is 0 Å². The van der Waals surface area contributed by atoms with Gasteiger partial charge in [-0.2, -0.15) is 0 Å². The van der Waals surface area contributed by atoms with Gasteiger partial charge in [0.25, 0.3) is 0 Å². The van der Waals surface area contributed by atoms with Crippen molar-refractivity contribution < 1.29 is 96.3 Å². The summed E-state index contributed by atoms with van der Waals surface area (Å²) in [6, 6.07) is 0. The average Bonchev–Trinajstić information content (AvgIpc) is 3.23. The number of hydrogen-bond acceptors (Lipinski definition) is 14. The summed E-state index contributed by atoms with van der Waals surface area (Å²) in [5.41, 5.74) is 0. The molecule has 0 N–H and O–H groups in total. The second kappa shape index (κ2) is 59.0. The molecule has 0 atom stereocenters. The molecule has 0 unspecified atom stereocenters. The van der Waals surface area contributed by atoms with Crippen LogP contribution in [0.15, 0.2) is 0 Å². The number of carboxylic acid groups (broad SMARTS) is 1. The van der Waals surface area contributed by atoms with Crippen molar-refractivity contribution in [3.63, 3.8) is 0 Å². The Bertz CT molecular complexity index is 774. The zero-order valence-corrected chi connectivity index (χ0v) is 40.6. The molecule has 0 saturated carbocycles. The summed E-state index contributed by atoms with van der Waals surface area (Å²) < 4.78 is 65.2. The van der Waals surface area contributed by atoms with Crippen LogP contribution >= 0.6 is 0 Å². The molecule has 0 aromatic rings. The quantitative estimate of drug-likeness (QED) is 0.0649. The minimum absolute atomic E-state index is 0. The molecule has 0 aromatic carbocycles. The number of carbonyl (C=O) groups excluding carboxylic acids is 1. The zero-order chi connectivity index (χ0) is 42.5. The van der Waals surface area contributed by atoms with E-state index in [1.165, 1.54) is 116 Å². The molecule has 60 heavy (non-hydrogen) atoms. The molecule has 0 aliphatic heterocycles. The van der Waals surface area contributed by atoms with E-state index >= 15 is 0 Å². The predicted molar refractivity (Wildman–Crippen MR) is 228 cm³/mol. The second-order valence-electron chi connectivity index (χ2n) is 14.5. The van der Waals surface area contributed by atoms with E-state index in [4.69, 9.17) is 56.8 Å². The first-order valence-electron chi connectivity index (χ1n) is 23.4. The van der Waals surface area contributed by atoms with E-state index in [0.29, 0.717) is 139 Å². The van der Waals surface area contributed by atoms with Crippen LogP contribution in [0.3, 0.4) is 0 Å². The molecule has 0 aromatic heterocycles. The van der Waals surface area contributed by atoms with E-state index in [1.807, 2.05) is 0 Å². The van der Waals surface area contributed by atoms with Crippen molar-refractivity contribution in [1.82, 2.24) is 0 Å². The Morgan fingerprint density at radius 3 is 0.633 bits per heavy atom. The zero-order valence-electron chi connectivity index (χ0n) is 38.6. The van der Waals surface area contributed by atoms with Crippen LogP contribution in [0.4, 0.5) is 0 Å². The fourth-order valence-corrected chi connectivity index (χ4v) is 5.86. The fourth-order valence-electron chi connectivity index (χ4n) is 5.86. The van der Waals surface area contributed by atoms with E-state index in [9.17, 15) is 9.90 Å². The van der Waals surface area contributed by atoms with Crippen LogP contribution in [0.25, 0.3) is 0 Å². The Balaban J connectivity index is 0. The number of rotatable bonds is 55. The van der Waals surface area contributed by atoms with Crippen molar-refractivity contribution in [2.45, 2.75) is 129 Å². The summed E-state index contributed by atoms with van der Waals surface area (Å²) in [6.45, 7) is 13.3. The number of ether oxygens (including phenoxy) is 12. The molecule has 0 aliphatic rings. The van der Waals surface area contributed by atoms with E-state index in [-0.39, 0.29) is 36.2 Å². The average molecular weight is 877 g/mol. The molecule has 0 rings (SSSR count). The van der Waals surface area contributed by atoms with E-state index in [1.54, 1.807) is 0 Å². The van der Waals surface area contributed by atoms with Crippen LogP contribution in [0.1, 0.15) is 129 Å². The molecule has 0 saturated heterocycles. The van der Waals surface area contributed by atoms with Crippen molar-refractivity contribution in [3.05, 3.63) is 0 Å². The maximum Gasteiger partial charge on any atom is 1.00 e. The van der Waals surface area contributed by atoms with Crippen molar-refractivity contribution >= 4 is 5.97 Å². The molecule has 0 aliphatic carbocycles. The molecule has 0 spiro atoms. The minimum atomic E-state index is -1.24. The minimum Gasteiger partial charge on any atom is -0.548 e. The molecular weight excluding hydrogens is 787 g/mol. The van der Waals surface area contributed by atoms with Gasteiger partial charge in [0.05, 0.1) is 158 Å². The molecule has 0 amide bonds. The van der Waals surface area contributed by atoms with Gasteiger partial charge in [-0.3, -0.25) is 0 Å². The maximum absolute atomic E-state index is 10.2. The third-order valence-electron chi connectivity index (χ3n) is 9.20. The van der Waals surface area contributed by atoms with E-state index < -0.39 is 12.6 Å². The Morgan fingerprint density at radius 1 is 0.267 bits per heavy atom. The van der Waals surface area contributed by atoms with Crippen LogP contribution in [0.5, 0.6) is 0 Å². The van der Waals surface area contributed by atoms with Crippen molar-refractivity contribution in [3.8, 4) is 0 Å².